The summed E-state index contributed by atoms with van der Waals surface area (Å²) in [6.07, 6.45) is 0. The van der Waals surface area contributed by atoms with E-state index in [1.54, 1.807) is 4.90 Å². The Bertz CT molecular complexity index is 759. The minimum absolute atomic E-state index is 0.201. The second-order valence-corrected chi connectivity index (χ2v) is 7.75. The maximum absolute atomic E-state index is 5.60. The van der Waals surface area contributed by atoms with Crippen molar-refractivity contribution >= 4 is 23.0 Å². The third-order valence-electron chi connectivity index (χ3n) is 5.36. The molecule has 1 fully saturated rings. The molecular formula is C22H30N3OS+. The molecule has 1 heterocycles. The topological polar surface area (TPSA) is 37.7 Å². The smallest absolute Gasteiger partial charge is 0.171 e. The lowest BCUT2D eigenvalue weighted by Crippen LogP contribution is -3.15. The number of hydrogen-bond acceptors (Lipinski definition) is 2. The van der Waals surface area contributed by atoms with Crippen molar-refractivity contribution in [2.45, 2.75) is 32.9 Å². The van der Waals surface area contributed by atoms with Gasteiger partial charge in [-0.2, -0.15) is 0 Å². The largest absolute Gasteiger partial charge is 0.370 e. The number of thiocarbonyl (C=S) groups is 1. The number of hydrogen-bond donors (Lipinski definition) is 3. The van der Waals surface area contributed by atoms with E-state index in [0.717, 1.165) is 32.0 Å². The molecule has 0 bridgehead atoms. The molecule has 2 aromatic rings. The molecule has 0 aromatic heterocycles. The van der Waals surface area contributed by atoms with Crippen LogP contribution in [0.3, 0.4) is 0 Å². The molecule has 1 saturated heterocycles. The third-order valence-corrected chi connectivity index (χ3v) is 5.58. The first kappa shape index (κ1) is 19.8. The van der Waals surface area contributed by atoms with Crippen molar-refractivity contribution in [3.05, 3.63) is 65.2 Å². The molecule has 0 unspecified atom stereocenters. The highest BCUT2D eigenvalue weighted by molar-refractivity contribution is 7.80. The molecule has 3 rings (SSSR count). The maximum Gasteiger partial charge on any atom is 0.171 e. The van der Waals surface area contributed by atoms with Gasteiger partial charge in [-0.05, 0) is 56.2 Å². The lowest BCUT2D eigenvalue weighted by Gasteiger charge is -2.35. The lowest BCUT2D eigenvalue weighted by molar-refractivity contribution is -0.940. The highest BCUT2D eigenvalue weighted by Crippen LogP contribution is 2.16. The molecule has 2 atom stereocenters. The van der Waals surface area contributed by atoms with Crippen LogP contribution in [-0.4, -0.2) is 37.5 Å². The average Bonchev–Trinajstić information content (AvgIpc) is 2.66. The van der Waals surface area contributed by atoms with E-state index in [4.69, 9.17) is 17.0 Å². The zero-order valence-electron chi connectivity index (χ0n) is 16.4. The van der Waals surface area contributed by atoms with Crippen molar-refractivity contribution in [1.82, 2.24) is 5.32 Å². The van der Waals surface area contributed by atoms with Crippen molar-refractivity contribution in [3.63, 3.8) is 0 Å². The first-order valence-corrected chi connectivity index (χ1v) is 10.1. The van der Waals surface area contributed by atoms with Gasteiger partial charge >= 0.3 is 0 Å². The second-order valence-electron chi connectivity index (χ2n) is 7.35. The van der Waals surface area contributed by atoms with Crippen LogP contribution in [0.4, 0.5) is 5.69 Å². The molecule has 2 aromatic carbocycles. The maximum atomic E-state index is 5.60. The van der Waals surface area contributed by atoms with Crippen molar-refractivity contribution in [1.29, 1.82) is 0 Å². The molecule has 144 valence electrons. The Morgan fingerprint density at radius 3 is 2.41 bits per heavy atom. The molecule has 1 aliphatic rings. The van der Waals surface area contributed by atoms with Gasteiger partial charge in [0.25, 0.3) is 0 Å². The van der Waals surface area contributed by atoms with Crippen LogP contribution in [0.15, 0.2) is 48.5 Å². The molecule has 0 spiro atoms. The van der Waals surface area contributed by atoms with Crippen molar-refractivity contribution in [2.75, 3.05) is 31.6 Å². The number of rotatable bonds is 5. The Labute approximate surface area is 167 Å². The van der Waals surface area contributed by atoms with E-state index in [9.17, 15) is 0 Å². The van der Waals surface area contributed by atoms with Gasteiger partial charge in [-0.25, -0.2) is 0 Å². The van der Waals surface area contributed by atoms with Gasteiger partial charge in [0, 0.05) is 11.3 Å². The highest BCUT2D eigenvalue weighted by Gasteiger charge is 2.31. The number of aryl methyl sites for hydroxylation is 2. The highest BCUT2D eigenvalue weighted by atomic mass is 32.1. The van der Waals surface area contributed by atoms with Gasteiger partial charge in [-0.3, -0.25) is 0 Å². The molecular weight excluding hydrogens is 354 g/mol. The fourth-order valence-corrected chi connectivity index (χ4v) is 4.06. The van der Waals surface area contributed by atoms with Crippen molar-refractivity contribution in [3.8, 4) is 0 Å². The van der Waals surface area contributed by atoms with Crippen LogP contribution >= 0.6 is 12.2 Å². The summed E-state index contributed by atoms with van der Waals surface area (Å²) in [7, 11) is 0. The normalized spacial score (nSPS) is 17.1. The lowest BCUT2D eigenvalue weighted by atomic mass is 9.98. The zero-order valence-corrected chi connectivity index (χ0v) is 17.2. The average molecular weight is 385 g/mol. The molecule has 1 aliphatic heterocycles. The molecule has 0 aliphatic carbocycles. The Morgan fingerprint density at radius 2 is 1.74 bits per heavy atom. The van der Waals surface area contributed by atoms with Crippen LogP contribution in [0.2, 0.25) is 0 Å². The van der Waals surface area contributed by atoms with Gasteiger partial charge in [0.15, 0.2) is 5.11 Å². The van der Waals surface area contributed by atoms with Gasteiger partial charge in [-0.15, -0.1) is 0 Å². The van der Waals surface area contributed by atoms with E-state index < -0.39 is 0 Å². The first-order chi connectivity index (χ1) is 13.0. The van der Waals surface area contributed by atoms with Gasteiger partial charge in [0.2, 0.25) is 0 Å². The number of ether oxygens (including phenoxy) is 1. The summed E-state index contributed by atoms with van der Waals surface area (Å²) in [5, 5.41) is 7.52. The van der Waals surface area contributed by atoms with E-state index in [0.29, 0.717) is 11.2 Å². The first-order valence-electron chi connectivity index (χ1n) is 9.66. The van der Waals surface area contributed by atoms with Crippen molar-refractivity contribution in [2.24, 2.45) is 0 Å². The van der Waals surface area contributed by atoms with E-state index in [1.165, 1.54) is 16.7 Å². The van der Waals surface area contributed by atoms with Crippen LogP contribution in [0, 0.1) is 13.8 Å². The SMILES string of the molecule is Cc1ccc(NC(=S)N[C@H](C)[C@@H](c2ccccc2)[NH+]2CCOCC2)cc1C. The van der Waals surface area contributed by atoms with Crippen LogP contribution in [0.1, 0.15) is 29.7 Å². The molecule has 0 amide bonds. The summed E-state index contributed by atoms with van der Waals surface area (Å²) < 4.78 is 5.57. The predicted octanol–water partition coefficient (Wildman–Crippen LogP) is 2.63. The summed E-state index contributed by atoms with van der Waals surface area (Å²) in [6.45, 7) is 10.1. The van der Waals surface area contributed by atoms with Crippen LogP contribution in [0.5, 0.6) is 0 Å². The molecule has 3 N–H and O–H groups in total. The Balaban J connectivity index is 1.70. The third kappa shape index (κ3) is 5.28. The van der Waals surface area contributed by atoms with Gasteiger partial charge in [0.05, 0.1) is 19.3 Å². The van der Waals surface area contributed by atoms with E-state index in [-0.39, 0.29) is 6.04 Å². The standard InChI is InChI=1S/C22H29N3OS/c1-16-9-10-20(15-17(16)2)24-22(27)23-18(3)21(19-7-5-4-6-8-19)25-11-13-26-14-12-25/h4-10,15,18,21H,11-14H2,1-3H3,(H2,23,24,27)/p+1/t18-,21+/m1/s1. The molecule has 4 nitrogen and oxygen atoms in total. The van der Waals surface area contributed by atoms with Gasteiger partial charge in [-0.1, -0.05) is 36.4 Å². The number of quaternary nitrogens is 1. The number of benzene rings is 2. The summed E-state index contributed by atoms with van der Waals surface area (Å²) in [5.41, 5.74) is 4.91. The predicted molar refractivity (Wildman–Crippen MR) is 115 cm³/mol. The quantitative estimate of drug-likeness (QED) is 0.693. The van der Waals surface area contributed by atoms with E-state index in [1.807, 2.05) is 0 Å². The molecule has 0 saturated carbocycles. The number of morpholine rings is 1. The van der Waals surface area contributed by atoms with Gasteiger partial charge < -0.3 is 20.3 Å². The summed E-state index contributed by atoms with van der Waals surface area (Å²) >= 11 is 5.60. The van der Waals surface area contributed by atoms with Crippen LogP contribution in [0.25, 0.3) is 0 Å². The number of nitrogens with one attached hydrogen (secondary N) is 3. The Kier molecular flexibility index (Phi) is 6.83. The Hall–Kier alpha value is -1.95. The minimum Gasteiger partial charge on any atom is -0.370 e. The van der Waals surface area contributed by atoms with Gasteiger partial charge in [0.1, 0.15) is 19.1 Å². The molecule has 0 radical (unpaired) electrons. The summed E-state index contributed by atoms with van der Waals surface area (Å²) in [4.78, 5) is 1.54. The van der Waals surface area contributed by atoms with Crippen molar-refractivity contribution < 1.29 is 9.64 Å². The summed E-state index contributed by atoms with van der Waals surface area (Å²) in [5.74, 6) is 0. The summed E-state index contributed by atoms with van der Waals surface area (Å²) in [6, 6.07) is 17.6. The fourth-order valence-electron chi connectivity index (χ4n) is 3.76. The molecule has 5 heteroatoms. The van der Waals surface area contributed by atoms with E-state index in [2.05, 4.69) is 79.9 Å². The monoisotopic (exact) mass is 384 g/mol. The van der Waals surface area contributed by atoms with Crippen LogP contribution in [-0.2, 0) is 4.74 Å². The minimum atomic E-state index is 0.201. The Morgan fingerprint density at radius 1 is 1.04 bits per heavy atom. The van der Waals surface area contributed by atoms with E-state index >= 15 is 0 Å². The van der Waals surface area contributed by atoms with Crippen LogP contribution < -0.4 is 15.5 Å². The second kappa shape index (κ2) is 9.31. The zero-order chi connectivity index (χ0) is 19.2. The molecule has 27 heavy (non-hydrogen) atoms. The fraction of sp³-hybridized carbons (Fsp3) is 0.409. The number of anilines is 1.